The SMILES string of the molecule is CCn1cnnc1Cn1c(N)nc2ccc(F)cc21. The molecule has 2 heterocycles. The van der Waals surface area contributed by atoms with Gasteiger partial charge in [-0.2, -0.15) is 0 Å². The fourth-order valence-electron chi connectivity index (χ4n) is 2.09. The molecule has 0 spiro atoms. The zero-order chi connectivity index (χ0) is 13.4. The molecule has 0 aliphatic carbocycles. The molecule has 0 saturated heterocycles. The first-order valence-corrected chi connectivity index (χ1v) is 5.97. The lowest BCUT2D eigenvalue weighted by atomic mass is 10.3. The molecule has 1 aromatic carbocycles. The van der Waals surface area contributed by atoms with Crippen molar-refractivity contribution < 1.29 is 4.39 Å². The zero-order valence-electron chi connectivity index (χ0n) is 10.4. The fourth-order valence-corrected chi connectivity index (χ4v) is 2.09. The number of aromatic nitrogens is 5. The molecular weight excluding hydrogens is 247 g/mol. The molecule has 98 valence electrons. The summed E-state index contributed by atoms with van der Waals surface area (Å²) in [6.07, 6.45) is 1.66. The minimum atomic E-state index is -0.314. The van der Waals surface area contributed by atoms with Crippen LogP contribution in [0.4, 0.5) is 10.3 Å². The zero-order valence-corrected chi connectivity index (χ0v) is 10.4. The van der Waals surface area contributed by atoms with Crippen molar-refractivity contribution in [1.82, 2.24) is 24.3 Å². The molecule has 0 saturated carbocycles. The molecule has 6 nitrogen and oxygen atoms in total. The first-order chi connectivity index (χ1) is 9.19. The standard InChI is InChI=1S/C12H13FN6/c1-2-18-7-15-17-11(18)6-19-10-5-8(13)3-4-9(10)16-12(19)14/h3-5,7H,2,6H2,1H3,(H2,14,16). The summed E-state index contributed by atoms with van der Waals surface area (Å²) in [5.74, 6) is 0.787. The molecule has 0 aliphatic heterocycles. The van der Waals surface area contributed by atoms with Crippen LogP contribution in [0, 0.1) is 5.82 Å². The van der Waals surface area contributed by atoms with E-state index in [0.29, 0.717) is 23.5 Å². The fraction of sp³-hybridized carbons (Fsp3) is 0.250. The molecule has 3 rings (SSSR count). The highest BCUT2D eigenvalue weighted by Crippen LogP contribution is 2.19. The van der Waals surface area contributed by atoms with Gasteiger partial charge in [0.1, 0.15) is 12.1 Å². The summed E-state index contributed by atoms with van der Waals surface area (Å²) in [6.45, 7) is 3.19. The van der Waals surface area contributed by atoms with Crippen LogP contribution in [0.2, 0.25) is 0 Å². The van der Waals surface area contributed by atoms with E-state index in [0.717, 1.165) is 12.4 Å². The quantitative estimate of drug-likeness (QED) is 0.772. The van der Waals surface area contributed by atoms with E-state index in [9.17, 15) is 4.39 Å². The lowest BCUT2D eigenvalue weighted by molar-refractivity contribution is 0.627. The van der Waals surface area contributed by atoms with Gasteiger partial charge in [0.25, 0.3) is 0 Å². The third-order valence-electron chi connectivity index (χ3n) is 3.08. The van der Waals surface area contributed by atoms with Crippen molar-refractivity contribution in [1.29, 1.82) is 0 Å². The van der Waals surface area contributed by atoms with E-state index in [1.807, 2.05) is 11.5 Å². The van der Waals surface area contributed by atoms with Gasteiger partial charge in [-0.1, -0.05) is 0 Å². The second kappa shape index (κ2) is 4.34. The molecule has 19 heavy (non-hydrogen) atoms. The van der Waals surface area contributed by atoms with Crippen LogP contribution in [0.5, 0.6) is 0 Å². The Balaban J connectivity index is 2.09. The number of rotatable bonds is 3. The highest BCUT2D eigenvalue weighted by molar-refractivity contribution is 5.78. The van der Waals surface area contributed by atoms with E-state index in [4.69, 9.17) is 5.73 Å². The first-order valence-electron chi connectivity index (χ1n) is 5.97. The van der Waals surface area contributed by atoms with E-state index in [-0.39, 0.29) is 5.82 Å². The maximum atomic E-state index is 13.3. The van der Waals surface area contributed by atoms with Crippen molar-refractivity contribution >= 4 is 17.0 Å². The van der Waals surface area contributed by atoms with E-state index in [1.54, 1.807) is 17.0 Å². The average Bonchev–Trinajstić information content (AvgIpc) is 2.96. The minimum absolute atomic E-state index is 0.314. The van der Waals surface area contributed by atoms with Gasteiger partial charge < -0.3 is 14.9 Å². The molecule has 0 aliphatic rings. The largest absolute Gasteiger partial charge is 0.369 e. The number of halogens is 1. The van der Waals surface area contributed by atoms with Crippen molar-refractivity contribution in [3.05, 3.63) is 36.2 Å². The Morgan fingerprint density at radius 2 is 2.21 bits per heavy atom. The molecule has 2 aromatic heterocycles. The van der Waals surface area contributed by atoms with Gasteiger partial charge in [0.2, 0.25) is 5.95 Å². The van der Waals surface area contributed by atoms with Gasteiger partial charge in [-0.05, 0) is 25.1 Å². The second-order valence-electron chi connectivity index (χ2n) is 4.22. The summed E-state index contributed by atoms with van der Waals surface area (Å²) in [7, 11) is 0. The van der Waals surface area contributed by atoms with E-state index >= 15 is 0 Å². The Bertz CT molecular complexity index is 729. The second-order valence-corrected chi connectivity index (χ2v) is 4.22. The van der Waals surface area contributed by atoms with Crippen LogP contribution >= 0.6 is 0 Å². The Morgan fingerprint density at radius 1 is 1.37 bits per heavy atom. The maximum absolute atomic E-state index is 13.3. The monoisotopic (exact) mass is 260 g/mol. The highest BCUT2D eigenvalue weighted by Gasteiger charge is 2.12. The summed E-state index contributed by atoms with van der Waals surface area (Å²) in [4.78, 5) is 4.21. The Morgan fingerprint density at radius 3 is 3.00 bits per heavy atom. The van der Waals surface area contributed by atoms with Crippen LogP contribution in [-0.2, 0) is 13.1 Å². The maximum Gasteiger partial charge on any atom is 0.201 e. The Kier molecular flexibility index (Phi) is 2.66. The first kappa shape index (κ1) is 11.6. The van der Waals surface area contributed by atoms with Crippen molar-refractivity contribution in [2.24, 2.45) is 0 Å². The summed E-state index contributed by atoms with van der Waals surface area (Å²) in [6, 6.07) is 4.40. The van der Waals surface area contributed by atoms with Crippen molar-refractivity contribution in [3.63, 3.8) is 0 Å². The smallest absolute Gasteiger partial charge is 0.201 e. The predicted octanol–water partition coefficient (Wildman–Crippen LogP) is 1.42. The summed E-state index contributed by atoms with van der Waals surface area (Å²) < 4.78 is 17.0. The van der Waals surface area contributed by atoms with Crippen LogP contribution in [0.1, 0.15) is 12.7 Å². The number of nitrogens with two attached hydrogens (primary N) is 1. The van der Waals surface area contributed by atoms with Gasteiger partial charge in [-0.3, -0.25) is 0 Å². The van der Waals surface area contributed by atoms with Gasteiger partial charge >= 0.3 is 0 Å². The lowest BCUT2D eigenvalue weighted by Gasteiger charge is -2.07. The van der Waals surface area contributed by atoms with Crippen LogP contribution in [0.25, 0.3) is 11.0 Å². The number of imidazole rings is 1. The molecule has 0 bridgehead atoms. The lowest BCUT2D eigenvalue weighted by Crippen LogP contribution is -2.10. The number of hydrogen-bond donors (Lipinski definition) is 1. The molecule has 0 radical (unpaired) electrons. The van der Waals surface area contributed by atoms with Crippen molar-refractivity contribution in [2.45, 2.75) is 20.0 Å². The average molecular weight is 260 g/mol. The Hall–Kier alpha value is -2.44. The summed E-state index contributed by atoms with van der Waals surface area (Å²) in [5, 5.41) is 7.91. The predicted molar refractivity (Wildman–Crippen MR) is 68.9 cm³/mol. The normalized spacial score (nSPS) is 11.3. The van der Waals surface area contributed by atoms with Gasteiger partial charge in [-0.25, -0.2) is 9.37 Å². The number of anilines is 1. The summed E-state index contributed by atoms with van der Waals surface area (Å²) >= 11 is 0. The number of hydrogen-bond acceptors (Lipinski definition) is 4. The molecule has 0 fully saturated rings. The van der Waals surface area contributed by atoms with Crippen molar-refractivity contribution in [2.75, 3.05) is 5.73 Å². The summed E-state index contributed by atoms with van der Waals surface area (Å²) in [5.41, 5.74) is 7.21. The Labute approximate surface area is 108 Å². The van der Waals surface area contributed by atoms with Gasteiger partial charge in [0.15, 0.2) is 5.82 Å². The number of aryl methyl sites for hydroxylation is 1. The third kappa shape index (κ3) is 1.92. The van der Waals surface area contributed by atoms with Crippen LogP contribution in [0.3, 0.4) is 0 Å². The molecular formula is C12H13FN6. The molecule has 2 N–H and O–H groups in total. The van der Waals surface area contributed by atoms with Gasteiger partial charge in [0, 0.05) is 6.54 Å². The molecule has 0 amide bonds. The highest BCUT2D eigenvalue weighted by atomic mass is 19.1. The molecule has 0 unspecified atom stereocenters. The van der Waals surface area contributed by atoms with E-state index in [2.05, 4.69) is 15.2 Å². The van der Waals surface area contributed by atoms with Gasteiger partial charge in [-0.15, -0.1) is 10.2 Å². The van der Waals surface area contributed by atoms with E-state index in [1.165, 1.54) is 12.1 Å². The van der Waals surface area contributed by atoms with Crippen molar-refractivity contribution in [3.8, 4) is 0 Å². The number of benzene rings is 1. The third-order valence-corrected chi connectivity index (χ3v) is 3.08. The number of nitrogens with zero attached hydrogens (tertiary/aromatic N) is 5. The topological polar surface area (TPSA) is 74.5 Å². The number of nitrogen functional groups attached to an aromatic ring is 1. The van der Waals surface area contributed by atoms with Gasteiger partial charge in [0.05, 0.1) is 17.6 Å². The van der Waals surface area contributed by atoms with Crippen LogP contribution < -0.4 is 5.73 Å². The minimum Gasteiger partial charge on any atom is -0.369 e. The van der Waals surface area contributed by atoms with Crippen LogP contribution in [-0.4, -0.2) is 24.3 Å². The van der Waals surface area contributed by atoms with E-state index < -0.39 is 0 Å². The molecule has 3 aromatic rings. The molecule has 0 atom stereocenters. The van der Waals surface area contributed by atoms with Crippen LogP contribution in [0.15, 0.2) is 24.5 Å². The number of fused-ring (bicyclic) bond motifs is 1. The molecule has 7 heteroatoms.